The molecule has 0 spiro atoms. The second-order valence-corrected chi connectivity index (χ2v) is 3.75. The summed E-state index contributed by atoms with van der Waals surface area (Å²) in [7, 11) is 0. The van der Waals surface area contributed by atoms with Gasteiger partial charge in [0.2, 0.25) is 5.91 Å². The van der Waals surface area contributed by atoms with Gasteiger partial charge in [0.15, 0.2) is 0 Å². The fourth-order valence-corrected chi connectivity index (χ4v) is 1.54. The Balaban J connectivity index is 2.13. The van der Waals surface area contributed by atoms with Crippen LogP contribution in [0.5, 0.6) is 0 Å². The van der Waals surface area contributed by atoms with Gasteiger partial charge in [-0.1, -0.05) is 13.3 Å². The van der Waals surface area contributed by atoms with Crippen LogP contribution in [-0.2, 0) is 9.53 Å². The highest BCUT2D eigenvalue weighted by Crippen LogP contribution is 2.11. The fourth-order valence-electron chi connectivity index (χ4n) is 1.54. The predicted molar refractivity (Wildman–Crippen MR) is 52.9 cm³/mol. The van der Waals surface area contributed by atoms with Crippen molar-refractivity contribution in [2.75, 3.05) is 19.8 Å². The second kappa shape index (κ2) is 5.98. The maximum absolute atomic E-state index is 11.5. The molecule has 2 unspecified atom stereocenters. The molecule has 2 N–H and O–H groups in total. The molecule has 1 heterocycles. The minimum Gasteiger partial charge on any atom is -0.391 e. The Morgan fingerprint density at radius 1 is 1.71 bits per heavy atom. The standard InChI is InChI=1S/C10H19NO3/c1-2-3-9(12)6-11-10(13)8-4-5-14-7-8/h8-9,12H,2-7H2,1H3,(H,11,13). The van der Waals surface area contributed by atoms with Crippen LogP contribution in [0.1, 0.15) is 26.2 Å². The number of rotatable bonds is 5. The second-order valence-electron chi connectivity index (χ2n) is 3.75. The molecule has 2 atom stereocenters. The molecule has 1 aliphatic heterocycles. The summed E-state index contributed by atoms with van der Waals surface area (Å²) in [5.74, 6) is 0.00137. The van der Waals surface area contributed by atoms with Crippen molar-refractivity contribution in [1.82, 2.24) is 5.32 Å². The SMILES string of the molecule is CCCC(O)CNC(=O)C1CCOC1. The molecule has 1 rings (SSSR count). The van der Waals surface area contributed by atoms with Crippen LogP contribution >= 0.6 is 0 Å². The van der Waals surface area contributed by atoms with Gasteiger partial charge in [-0.25, -0.2) is 0 Å². The number of hydrogen-bond donors (Lipinski definition) is 2. The number of aliphatic hydroxyl groups excluding tert-OH is 1. The molecule has 0 aromatic rings. The van der Waals surface area contributed by atoms with Crippen LogP contribution in [0.15, 0.2) is 0 Å². The van der Waals surface area contributed by atoms with Crippen LogP contribution in [0.4, 0.5) is 0 Å². The molecule has 0 aromatic carbocycles. The van der Waals surface area contributed by atoms with E-state index in [1.165, 1.54) is 0 Å². The van der Waals surface area contributed by atoms with Crippen molar-refractivity contribution in [2.45, 2.75) is 32.3 Å². The predicted octanol–water partition coefficient (Wildman–Crippen LogP) is 0.300. The molecule has 0 radical (unpaired) electrons. The largest absolute Gasteiger partial charge is 0.391 e. The first-order valence-corrected chi connectivity index (χ1v) is 5.27. The lowest BCUT2D eigenvalue weighted by Gasteiger charge is -2.12. The van der Waals surface area contributed by atoms with E-state index in [2.05, 4.69) is 5.32 Å². The first-order valence-electron chi connectivity index (χ1n) is 5.27. The van der Waals surface area contributed by atoms with Gasteiger partial charge < -0.3 is 15.2 Å². The molecule has 1 amide bonds. The summed E-state index contributed by atoms with van der Waals surface area (Å²) in [4.78, 5) is 11.5. The van der Waals surface area contributed by atoms with Crippen LogP contribution < -0.4 is 5.32 Å². The van der Waals surface area contributed by atoms with E-state index in [9.17, 15) is 9.90 Å². The summed E-state index contributed by atoms with van der Waals surface area (Å²) in [6.45, 7) is 3.57. The summed E-state index contributed by atoms with van der Waals surface area (Å²) >= 11 is 0. The van der Waals surface area contributed by atoms with Crippen molar-refractivity contribution >= 4 is 5.91 Å². The van der Waals surface area contributed by atoms with E-state index < -0.39 is 6.10 Å². The van der Waals surface area contributed by atoms with Crippen molar-refractivity contribution in [1.29, 1.82) is 0 Å². The smallest absolute Gasteiger partial charge is 0.225 e. The van der Waals surface area contributed by atoms with Gasteiger partial charge in [-0.3, -0.25) is 4.79 Å². The number of amides is 1. The fraction of sp³-hybridized carbons (Fsp3) is 0.900. The Kier molecular flexibility index (Phi) is 4.90. The van der Waals surface area contributed by atoms with Crippen molar-refractivity contribution in [3.05, 3.63) is 0 Å². The van der Waals surface area contributed by atoms with Crippen molar-refractivity contribution in [2.24, 2.45) is 5.92 Å². The van der Waals surface area contributed by atoms with Gasteiger partial charge in [0.25, 0.3) is 0 Å². The van der Waals surface area contributed by atoms with Gasteiger partial charge in [0.05, 0.1) is 18.6 Å². The third-order valence-corrected chi connectivity index (χ3v) is 2.43. The van der Waals surface area contributed by atoms with E-state index in [4.69, 9.17) is 4.74 Å². The quantitative estimate of drug-likeness (QED) is 0.672. The number of carbonyl (C=O) groups is 1. The van der Waals surface area contributed by atoms with Crippen LogP contribution in [-0.4, -0.2) is 36.9 Å². The summed E-state index contributed by atoms with van der Waals surface area (Å²) in [6, 6.07) is 0. The molecule has 4 heteroatoms. The average Bonchev–Trinajstić information content (AvgIpc) is 2.67. The Bertz CT molecular complexity index is 178. The van der Waals surface area contributed by atoms with Crippen LogP contribution in [0, 0.1) is 5.92 Å². The summed E-state index contributed by atoms with van der Waals surface area (Å²) < 4.78 is 5.11. The van der Waals surface area contributed by atoms with Gasteiger partial charge in [-0.2, -0.15) is 0 Å². The normalized spacial score (nSPS) is 23.4. The van der Waals surface area contributed by atoms with Crippen LogP contribution in [0.25, 0.3) is 0 Å². The van der Waals surface area contributed by atoms with Crippen LogP contribution in [0.3, 0.4) is 0 Å². The average molecular weight is 201 g/mol. The lowest BCUT2D eigenvalue weighted by atomic mass is 10.1. The number of hydrogen-bond acceptors (Lipinski definition) is 3. The Morgan fingerprint density at radius 3 is 3.07 bits per heavy atom. The highest BCUT2D eigenvalue weighted by Gasteiger charge is 2.23. The van der Waals surface area contributed by atoms with Gasteiger partial charge in [-0.15, -0.1) is 0 Å². The molecule has 1 saturated heterocycles. The Morgan fingerprint density at radius 2 is 2.50 bits per heavy atom. The van der Waals surface area contributed by atoms with Gasteiger partial charge in [-0.05, 0) is 12.8 Å². The molecular formula is C10H19NO3. The Labute approximate surface area is 84.6 Å². The molecule has 82 valence electrons. The molecule has 1 fully saturated rings. The minimum atomic E-state index is -0.411. The number of aliphatic hydroxyl groups is 1. The van der Waals surface area contributed by atoms with E-state index in [1.807, 2.05) is 6.92 Å². The molecule has 1 aliphatic rings. The van der Waals surface area contributed by atoms with Crippen LogP contribution in [0.2, 0.25) is 0 Å². The van der Waals surface area contributed by atoms with Crippen molar-refractivity contribution in [3.63, 3.8) is 0 Å². The molecule has 0 bridgehead atoms. The highest BCUT2D eigenvalue weighted by atomic mass is 16.5. The number of nitrogens with one attached hydrogen (secondary N) is 1. The first kappa shape index (κ1) is 11.5. The summed E-state index contributed by atoms with van der Waals surface area (Å²) in [5.41, 5.74) is 0. The van der Waals surface area contributed by atoms with Gasteiger partial charge in [0.1, 0.15) is 0 Å². The summed E-state index contributed by atoms with van der Waals surface area (Å²) in [6.07, 6.45) is 2.06. The molecule has 0 aliphatic carbocycles. The molecule has 0 saturated carbocycles. The zero-order chi connectivity index (χ0) is 10.4. The lowest BCUT2D eigenvalue weighted by Crippen LogP contribution is -2.36. The van der Waals surface area contributed by atoms with E-state index >= 15 is 0 Å². The van der Waals surface area contributed by atoms with Gasteiger partial charge >= 0.3 is 0 Å². The van der Waals surface area contributed by atoms with E-state index in [0.717, 1.165) is 19.3 Å². The zero-order valence-corrected chi connectivity index (χ0v) is 8.66. The Hall–Kier alpha value is -0.610. The number of ether oxygens (including phenoxy) is 1. The van der Waals surface area contributed by atoms with Gasteiger partial charge in [0, 0.05) is 13.2 Å². The molecular weight excluding hydrogens is 182 g/mol. The maximum Gasteiger partial charge on any atom is 0.225 e. The van der Waals surface area contributed by atoms with E-state index in [-0.39, 0.29) is 11.8 Å². The minimum absolute atomic E-state index is 0.0103. The topological polar surface area (TPSA) is 58.6 Å². The monoisotopic (exact) mass is 201 g/mol. The molecule has 0 aromatic heterocycles. The third-order valence-electron chi connectivity index (χ3n) is 2.43. The van der Waals surface area contributed by atoms with E-state index in [0.29, 0.717) is 19.8 Å². The first-order chi connectivity index (χ1) is 6.74. The van der Waals surface area contributed by atoms with E-state index in [1.54, 1.807) is 0 Å². The zero-order valence-electron chi connectivity index (χ0n) is 8.66. The van der Waals surface area contributed by atoms with Crippen molar-refractivity contribution < 1.29 is 14.6 Å². The third kappa shape index (κ3) is 3.64. The summed E-state index contributed by atoms with van der Waals surface area (Å²) in [5, 5.41) is 12.1. The highest BCUT2D eigenvalue weighted by molar-refractivity contribution is 5.78. The molecule has 4 nitrogen and oxygen atoms in total. The van der Waals surface area contributed by atoms with Crippen molar-refractivity contribution in [3.8, 4) is 0 Å². The molecule has 14 heavy (non-hydrogen) atoms. The lowest BCUT2D eigenvalue weighted by molar-refractivity contribution is -0.125. The maximum atomic E-state index is 11.5. The number of carbonyl (C=O) groups excluding carboxylic acids is 1.